The molecular weight excluding hydrogens is 321 g/mol. The van der Waals surface area contributed by atoms with Gasteiger partial charge in [0.15, 0.2) is 0 Å². The molecule has 3 nitrogen and oxygen atoms in total. The molecule has 0 aliphatic carbocycles. The summed E-state index contributed by atoms with van der Waals surface area (Å²) in [5.41, 5.74) is 7.90. The zero-order valence-electron chi connectivity index (χ0n) is 10.8. The number of aromatic nitrogens is 2. The smallest absolute Gasteiger partial charge is 0.139 e. The molecule has 1 atom stereocenters. The molecule has 20 heavy (non-hydrogen) atoms. The number of halogens is 2. The molecule has 1 unspecified atom stereocenters. The summed E-state index contributed by atoms with van der Waals surface area (Å²) in [5, 5.41) is 0. The van der Waals surface area contributed by atoms with Gasteiger partial charge in [-0.05, 0) is 34.5 Å². The van der Waals surface area contributed by atoms with Gasteiger partial charge >= 0.3 is 0 Å². The molecule has 0 amide bonds. The molecule has 0 radical (unpaired) electrons. The molecular formula is C15H13BrFN3. The summed E-state index contributed by atoms with van der Waals surface area (Å²) < 4.78 is 13.9. The van der Waals surface area contributed by atoms with Crippen molar-refractivity contribution < 1.29 is 4.39 Å². The Balaban J connectivity index is 2.15. The van der Waals surface area contributed by atoms with E-state index in [-0.39, 0.29) is 5.82 Å². The van der Waals surface area contributed by atoms with Crippen molar-refractivity contribution in [1.82, 2.24) is 9.97 Å². The van der Waals surface area contributed by atoms with Gasteiger partial charge in [0.25, 0.3) is 0 Å². The fourth-order valence-corrected chi connectivity index (χ4v) is 2.50. The van der Waals surface area contributed by atoms with E-state index in [0.717, 1.165) is 5.56 Å². The van der Waals surface area contributed by atoms with Gasteiger partial charge in [-0.15, -0.1) is 0 Å². The molecule has 1 aromatic heterocycles. The number of rotatable bonds is 2. The van der Waals surface area contributed by atoms with Crippen molar-refractivity contribution in [3.05, 3.63) is 64.1 Å². The van der Waals surface area contributed by atoms with E-state index < -0.39 is 5.54 Å². The van der Waals surface area contributed by atoms with Gasteiger partial charge < -0.3 is 10.7 Å². The van der Waals surface area contributed by atoms with E-state index >= 15 is 0 Å². The summed E-state index contributed by atoms with van der Waals surface area (Å²) in [6.45, 7) is 1.88. The molecule has 1 heterocycles. The minimum Gasteiger partial charge on any atom is -0.340 e. The highest BCUT2D eigenvalue weighted by Crippen LogP contribution is 2.28. The van der Waals surface area contributed by atoms with Crippen LogP contribution in [0.3, 0.4) is 0 Å². The van der Waals surface area contributed by atoms with Gasteiger partial charge in [0.1, 0.15) is 11.6 Å². The summed E-state index contributed by atoms with van der Waals surface area (Å²) >= 11 is 3.16. The van der Waals surface area contributed by atoms with E-state index in [2.05, 4.69) is 25.9 Å². The third-order valence-electron chi connectivity index (χ3n) is 3.39. The molecule has 3 rings (SSSR count). The zero-order valence-corrected chi connectivity index (χ0v) is 12.4. The highest BCUT2D eigenvalue weighted by Gasteiger charge is 2.27. The minimum absolute atomic E-state index is 0.328. The molecule has 5 heteroatoms. The third-order valence-corrected chi connectivity index (χ3v) is 4.00. The Morgan fingerprint density at radius 2 is 1.95 bits per heavy atom. The van der Waals surface area contributed by atoms with Crippen molar-refractivity contribution >= 4 is 27.0 Å². The maximum atomic E-state index is 13.6. The minimum atomic E-state index is -0.761. The first-order chi connectivity index (χ1) is 9.48. The zero-order chi connectivity index (χ0) is 14.3. The first-order valence-corrected chi connectivity index (χ1v) is 6.97. The van der Waals surface area contributed by atoms with Crippen LogP contribution in [-0.4, -0.2) is 9.97 Å². The number of H-pyrrole nitrogens is 1. The normalized spacial score (nSPS) is 14.4. The van der Waals surface area contributed by atoms with Gasteiger partial charge in [-0.3, -0.25) is 0 Å². The van der Waals surface area contributed by atoms with E-state index in [1.54, 1.807) is 6.07 Å². The van der Waals surface area contributed by atoms with Crippen LogP contribution in [0.15, 0.2) is 46.9 Å². The van der Waals surface area contributed by atoms with Gasteiger partial charge in [0.2, 0.25) is 0 Å². The van der Waals surface area contributed by atoms with Crippen LogP contribution in [0.4, 0.5) is 4.39 Å². The summed E-state index contributed by atoms with van der Waals surface area (Å²) in [6.07, 6.45) is 0. The molecule has 0 saturated carbocycles. The van der Waals surface area contributed by atoms with Crippen LogP contribution >= 0.6 is 15.9 Å². The van der Waals surface area contributed by atoms with Crippen LogP contribution in [0.2, 0.25) is 0 Å². The van der Waals surface area contributed by atoms with Crippen LogP contribution in [-0.2, 0) is 5.54 Å². The second-order valence-corrected chi connectivity index (χ2v) is 5.79. The lowest BCUT2D eigenvalue weighted by atomic mass is 9.92. The Hall–Kier alpha value is -1.72. The summed E-state index contributed by atoms with van der Waals surface area (Å²) in [4.78, 5) is 7.59. The van der Waals surface area contributed by atoms with Crippen LogP contribution in [0, 0.1) is 5.82 Å². The van der Waals surface area contributed by atoms with E-state index in [0.29, 0.717) is 21.3 Å². The molecule has 0 bridgehead atoms. The lowest BCUT2D eigenvalue weighted by Gasteiger charge is -2.22. The summed E-state index contributed by atoms with van der Waals surface area (Å²) in [5.74, 6) is 0.280. The first kappa shape index (κ1) is 13.3. The summed E-state index contributed by atoms with van der Waals surface area (Å²) in [6, 6.07) is 12.7. The molecule has 3 N–H and O–H groups in total. The molecule has 0 spiro atoms. The number of nitrogens with zero attached hydrogens (tertiary/aromatic N) is 1. The molecule has 0 aliphatic heterocycles. The highest BCUT2D eigenvalue weighted by atomic mass is 79.9. The maximum Gasteiger partial charge on any atom is 0.139 e. The number of aromatic amines is 1. The average Bonchev–Trinajstić information content (AvgIpc) is 2.84. The second kappa shape index (κ2) is 4.68. The topological polar surface area (TPSA) is 54.7 Å². The van der Waals surface area contributed by atoms with Crippen molar-refractivity contribution in [3.8, 4) is 0 Å². The van der Waals surface area contributed by atoms with Crippen molar-refractivity contribution in [2.45, 2.75) is 12.5 Å². The van der Waals surface area contributed by atoms with E-state index in [1.807, 2.05) is 37.3 Å². The number of benzene rings is 2. The Morgan fingerprint density at radius 3 is 2.65 bits per heavy atom. The molecule has 0 fully saturated rings. The van der Waals surface area contributed by atoms with Crippen molar-refractivity contribution in [2.75, 3.05) is 0 Å². The standard InChI is InChI=1S/C15H13BrFN3/c1-15(18,9-5-3-2-4-6-9)14-19-12-7-10(16)11(17)8-13(12)20-14/h2-8H,18H2,1H3,(H,19,20). The molecule has 0 saturated heterocycles. The van der Waals surface area contributed by atoms with E-state index in [4.69, 9.17) is 5.73 Å². The lowest BCUT2D eigenvalue weighted by Crippen LogP contribution is -2.35. The third kappa shape index (κ3) is 2.13. The van der Waals surface area contributed by atoms with Crippen LogP contribution in [0.1, 0.15) is 18.3 Å². The van der Waals surface area contributed by atoms with Gasteiger partial charge in [-0.1, -0.05) is 30.3 Å². The molecule has 0 aliphatic rings. The largest absolute Gasteiger partial charge is 0.340 e. The Morgan fingerprint density at radius 1 is 1.25 bits per heavy atom. The second-order valence-electron chi connectivity index (χ2n) is 4.94. The van der Waals surface area contributed by atoms with Gasteiger partial charge in [-0.25, -0.2) is 9.37 Å². The summed E-state index contributed by atoms with van der Waals surface area (Å²) in [7, 11) is 0. The van der Waals surface area contributed by atoms with Gasteiger partial charge in [0.05, 0.1) is 21.0 Å². The fourth-order valence-electron chi connectivity index (χ4n) is 2.17. The quantitative estimate of drug-likeness (QED) is 0.751. The van der Waals surface area contributed by atoms with Crippen LogP contribution in [0.25, 0.3) is 11.0 Å². The number of hydrogen-bond acceptors (Lipinski definition) is 2. The average molecular weight is 334 g/mol. The Labute approximate surface area is 124 Å². The number of fused-ring (bicyclic) bond motifs is 1. The molecule has 102 valence electrons. The Bertz CT molecular complexity index is 726. The lowest BCUT2D eigenvalue weighted by molar-refractivity contribution is 0.567. The van der Waals surface area contributed by atoms with Crippen molar-refractivity contribution in [1.29, 1.82) is 0 Å². The SMILES string of the molecule is CC(N)(c1ccccc1)c1nc2cc(Br)c(F)cc2[nH]1. The highest BCUT2D eigenvalue weighted by molar-refractivity contribution is 9.10. The molecule has 3 aromatic rings. The van der Waals surface area contributed by atoms with Crippen LogP contribution in [0.5, 0.6) is 0 Å². The van der Waals surface area contributed by atoms with Crippen LogP contribution < -0.4 is 5.73 Å². The first-order valence-electron chi connectivity index (χ1n) is 6.18. The van der Waals surface area contributed by atoms with Gasteiger partial charge in [-0.2, -0.15) is 0 Å². The Kier molecular flexibility index (Phi) is 3.11. The van der Waals surface area contributed by atoms with Gasteiger partial charge in [0, 0.05) is 6.07 Å². The predicted molar refractivity (Wildman–Crippen MR) is 80.8 cm³/mol. The van der Waals surface area contributed by atoms with Crippen molar-refractivity contribution in [3.63, 3.8) is 0 Å². The number of nitrogens with one attached hydrogen (secondary N) is 1. The van der Waals surface area contributed by atoms with E-state index in [1.165, 1.54) is 6.07 Å². The van der Waals surface area contributed by atoms with Crippen molar-refractivity contribution in [2.24, 2.45) is 5.73 Å². The molecule has 2 aromatic carbocycles. The monoisotopic (exact) mass is 333 g/mol. The predicted octanol–water partition coefficient (Wildman–Crippen LogP) is 3.69. The number of nitrogens with two attached hydrogens (primary N) is 1. The number of hydrogen-bond donors (Lipinski definition) is 2. The maximum absolute atomic E-state index is 13.6. The number of imidazole rings is 1. The fraction of sp³-hybridized carbons (Fsp3) is 0.133. The van der Waals surface area contributed by atoms with E-state index in [9.17, 15) is 4.39 Å².